The van der Waals surface area contributed by atoms with Crippen LogP contribution in [0, 0.1) is 0 Å². The van der Waals surface area contributed by atoms with Gasteiger partial charge < -0.3 is 14.0 Å². The van der Waals surface area contributed by atoms with E-state index in [1.54, 1.807) is 39.8 Å². The zero-order valence-corrected chi connectivity index (χ0v) is 21.1. The van der Waals surface area contributed by atoms with Crippen molar-refractivity contribution in [3.8, 4) is 11.5 Å². The van der Waals surface area contributed by atoms with E-state index < -0.39 is 21.0 Å². The van der Waals surface area contributed by atoms with Crippen molar-refractivity contribution >= 4 is 49.1 Å². The van der Waals surface area contributed by atoms with Gasteiger partial charge in [0, 0.05) is 30.0 Å². The van der Waals surface area contributed by atoms with Crippen LogP contribution in [0.1, 0.15) is 24.2 Å². The maximum atomic E-state index is 12.9. The van der Waals surface area contributed by atoms with Crippen LogP contribution >= 0.6 is 23.1 Å². The number of benzene rings is 2. The normalized spacial score (nSPS) is 12.5. The molecule has 1 amide bonds. The second-order valence-corrected chi connectivity index (χ2v) is 11.7. The van der Waals surface area contributed by atoms with E-state index in [0.717, 1.165) is 16.0 Å². The molecule has 7 nitrogen and oxygen atoms in total. The van der Waals surface area contributed by atoms with Gasteiger partial charge in [-0.2, -0.15) is 16.8 Å². The van der Waals surface area contributed by atoms with Crippen LogP contribution in [0.25, 0.3) is 10.2 Å². The first-order valence-electron chi connectivity index (χ1n) is 9.90. The molecule has 0 unspecified atom stereocenters. The van der Waals surface area contributed by atoms with Gasteiger partial charge in [0.25, 0.3) is 5.91 Å². The lowest BCUT2D eigenvalue weighted by molar-refractivity contribution is 0.0997. The zero-order valence-electron chi connectivity index (χ0n) is 18.6. The van der Waals surface area contributed by atoms with Crippen molar-refractivity contribution < 1.29 is 22.7 Å². The molecule has 172 valence electrons. The molecule has 1 heterocycles. The van der Waals surface area contributed by atoms with Gasteiger partial charge in [-0.05, 0) is 44.4 Å². The van der Waals surface area contributed by atoms with Gasteiger partial charge in [0.05, 0.1) is 34.6 Å². The molecule has 0 atom stereocenters. The van der Waals surface area contributed by atoms with E-state index >= 15 is 0 Å². The maximum Gasteiger partial charge on any atom is 0.279 e. The van der Waals surface area contributed by atoms with Gasteiger partial charge in [0.15, 0.2) is 26.1 Å². The zero-order chi connectivity index (χ0) is 23.5. The Balaban J connectivity index is 2.07. The van der Waals surface area contributed by atoms with E-state index in [-0.39, 0.29) is 4.90 Å². The highest BCUT2D eigenvalue weighted by Gasteiger charge is 2.19. The number of hydrogen-bond donors (Lipinski definition) is 0. The highest BCUT2D eigenvalue weighted by atomic mass is 32.2. The van der Waals surface area contributed by atoms with E-state index in [1.807, 2.05) is 23.0 Å². The van der Waals surface area contributed by atoms with Crippen molar-refractivity contribution in [2.75, 3.05) is 26.2 Å². The molecule has 0 radical (unpaired) electrons. The van der Waals surface area contributed by atoms with E-state index in [0.29, 0.717) is 28.4 Å². The molecule has 3 rings (SSSR count). The highest BCUT2D eigenvalue weighted by molar-refractivity contribution is 7.98. The number of ether oxygens (including phenoxy) is 2. The Morgan fingerprint density at radius 3 is 2.31 bits per heavy atom. The fraction of sp³-hybridized carbons (Fsp3) is 0.364. The number of rotatable bonds is 8. The third-order valence-corrected chi connectivity index (χ3v) is 8.76. The molecule has 0 aliphatic heterocycles. The van der Waals surface area contributed by atoms with Crippen LogP contribution in [0.3, 0.4) is 0 Å². The summed E-state index contributed by atoms with van der Waals surface area (Å²) >= 11 is 3.09. The van der Waals surface area contributed by atoms with Gasteiger partial charge in [-0.1, -0.05) is 11.3 Å². The highest BCUT2D eigenvalue weighted by Crippen LogP contribution is 2.33. The van der Waals surface area contributed by atoms with Crippen molar-refractivity contribution in [2.24, 2.45) is 4.99 Å². The van der Waals surface area contributed by atoms with Gasteiger partial charge in [-0.25, -0.2) is 8.42 Å². The summed E-state index contributed by atoms with van der Waals surface area (Å²) < 4.78 is 38.4. The first-order valence-corrected chi connectivity index (χ1v) is 13.7. The fourth-order valence-corrected chi connectivity index (χ4v) is 5.58. The number of carbonyl (C=O) groups excluding carboxylic acids is 1. The number of carbonyl (C=O) groups is 1. The molecule has 0 aliphatic rings. The summed E-state index contributed by atoms with van der Waals surface area (Å²) in [6.07, 6.45) is 2.02. The number of sulfone groups is 1. The average molecular weight is 495 g/mol. The minimum absolute atomic E-state index is 0.195. The molecule has 0 spiro atoms. The molecule has 0 bridgehead atoms. The SMILES string of the molecule is COc1cc2sc(=NC(=O)c3ccc(S(=O)(=O)C(C)C)cc3)n(CCSC)c2cc1OC. The monoisotopic (exact) mass is 494 g/mol. The van der Waals surface area contributed by atoms with Crippen molar-refractivity contribution in [3.05, 3.63) is 46.8 Å². The lowest BCUT2D eigenvalue weighted by Gasteiger charge is -2.09. The third-order valence-electron chi connectivity index (χ3n) is 4.95. The second kappa shape index (κ2) is 10.1. The number of aryl methyl sites for hydroxylation is 1. The second-order valence-electron chi connectivity index (χ2n) is 7.24. The van der Waals surface area contributed by atoms with Crippen LogP contribution in [0.15, 0.2) is 46.3 Å². The molecule has 0 aliphatic carbocycles. The Bertz CT molecular complexity index is 1290. The van der Waals surface area contributed by atoms with Crippen LogP contribution in [-0.2, 0) is 16.4 Å². The standard InChI is InChI=1S/C22H26N2O5S3/c1-14(2)32(26,27)16-8-6-15(7-9-16)21(25)23-22-24(10-11-30-5)17-12-18(28-3)19(29-4)13-20(17)31-22/h6-9,12-14H,10-11H2,1-5H3. The molecule has 3 aromatic rings. The minimum Gasteiger partial charge on any atom is -0.493 e. The average Bonchev–Trinajstić information content (AvgIpc) is 3.12. The molecule has 0 saturated heterocycles. The van der Waals surface area contributed by atoms with Crippen LogP contribution < -0.4 is 14.3 Å². The van der Waals surface area contributed by atoms with Crippen molar-refractivity contribution in [2.45, 2.75) is 30.5 Å². The van der Waals surface area contributed by atoms with Gasteiger partial charge in [0.2, 0.25) is 0 Å². The van der Waals surface area contributed by atoms with E-state index in [2.05, 4.69) is 4.99 Å². The molecule has 1 aromatic heterocycles. The van der Waals surface area contributed by atoms with Crippen LogP contribution in [0.4, 0.5) is 0 Å². The molecular formula is C22H26N2O5S3. The number of fused-ring (bicyclic) bond motifs is 1. The first kappa shape index (κ1) is 24.3. The Kier molecular flexibility index (Phi) is 7.68. The molecule has 0 N–H and O–H groups in total. The van der Waals surface area contributed by atoms with E-state index in [1.165, 1.54) is 35.6 Å². The van der Waals surface area contributed by atoms with Gasteiger partial charge in [-0.3, -0.25) is 4.79 Å². The van der Waals surface area contributed by atoms with Gasteiger partial charge in [0.1, 0.15) is 0 Å². The van der Waals surface area contributed by atoms with Crippen molar-refractivity contribution in [1.82, 2.24) is 4.57 Å². The third kappa shape index (κ3) is 4.87. The lowest BCUT2D eigenvalue weighted by Crippen LogP contribution is -2.18. The molecular weight excluding hydrogens is 468 g/mol. The van der Waals surface area contributed by atoms with Crippen molar-refractivity contribution in [1.29, 1.82) is 0 Å². The summed E-state index contributed by atoms with van der Waals surface area (Å²) in [5.74, 6) is 1.64. The van der Waals surface area contributed by atoms with Gasteiger partial charge >= 0.3 is 0 Å². The minimum atomic E-state index is -3.40. The summed E-state index contributed by atoms with van der Waals surface area (Å²) in [4.78, 5) is 18.0. The predicted molar refractivity (Wildman–Crippen MR) is 130 cm³/mol. The van der Waals surface area contributed by atoms with E-state index in [9.17, 15) is 13.2 Å². The summed E-state index contributed by atoms with van der Waals surface area (Å²) in [7, 11) is -0.232. The number of methoxy groups -OCH3 is 2. The molecule has 2 aromatic carbocycles. The summed E-state index contributed by atoms with van der Waals surface area (Å²) in [5.41, 5.74) is 1.24. The number of thiazole rings is 1. The number of aromatic nitrogens is 1. The topological polar surface area (TPSA) is 87.0 Å². The first-order chi connectivity index (χ1) is 15.2. The fourth-order valence-electron chi connectivity index (χ4n) is 3.09. The maximum absolute atomic E-state index is 12.9. The quantitative estimate of drug-likeness (QED) is 0.470. The smallest absolute Gasteiger partial charge is 0.279 e. The number of thioether (sulfide) groups is 1. The summed E-state index contributed by atoms with van der Waals surface area (Å²) in [6, 6.07) is 9.70. The Morgan fingerprint density at radius 1 is 1.12 bits per heavy atom. The molecule has 0 saturated carbocycles. The van der Waals surface area contributed by atoms with E-state index in [4.69, 9.17) is 9.47 Å². The number of hydrogen-bond acceptors (Lipinski definition) is 7. The predicted octanol–water partition coefficient (Wildman–Crippen LogP) is 4.01. The van der Waals surface area contributed by atoms with Crippen LogP contribution in [-0.4, -0.2) is 50.4 Å². The molecule has 10 heteroatoms. The van der Waals surface area contributed by atoms with Gasteiger partial charge in [-0.15, -0.1) is 0 Å². The largest absolute Gasteiger partial charge is 0.493 e. The summed E-state index contributed by atoms with van der Waals surface area (Å²) in [5, 5.41) is -0.531. The van der Waals surface area contributed by atoms with Crippen molar-refractivity contribution in [3.63, 3.8) is 0 Å². The lowest BCUT2D eigenvalue weighted by atomic mass is 10.2. The Hall–Kier alpha value is -2.30. The summed E-state index contributed by atoms with van der Waals surface area (Å²) in [6.45, 7) is 3.93. The molecule has 0 fully saturated rings. The number of nitrogens with zero attached hydrogens (tertiary/aromatic N) is 2. The molecule has 32 heavy (non-hydrogen) atoms. The van der Waals surface area contributed by atoms with Crippen LogP contribution in [0.5, 0.6) is 11.5 Å². The van der Waals surface area contributed by atoms with Crippen LogP contribution in [0.2, 0.25) is 0 Å². The Labute approximate surface area is 196 Å². The number of amides is 1. The Morgan fingerprint density at radius 2 is 1.75 bits per heavy atom.